The zero-order valence-corrected chi connectivity index (χ0v) is 25.5. The number of methoxy groups -OCH3 is 2. The smallest absolute Gasteiger partial charge is 0.243 e. The molecule has 0 saturated carbocycles. The molecule has 0 bridgehead atoms. The summed E-state index contributed by atoms with van der Waals surface area (Å²) in [6.07, 6.45) is 3.02. The van der Waals surface area contributed by atoms with E-state index in [9.17, 15) is 14.4 Å². The molecule has 0 fully saturated rings. The first-order valence-electron chi connectivity index (χ1n) is 14.8. The third-order valence-electron chi connectivity index (χ3n) is 7.31. The Bertz CT molecular complexity index is 1190. The molecule has 10 nitrogen and oxygen atoms in total. The minimum absolute atomic E-state index is 0.202. The van der Waals surface area contributed by atoms with Crippen LogP contribution in [0.4, 0.5) is 0 Å². The monoisotopic (exact) mass is 582 g/mol. The molecule has 1 aliphatic rings. The van der Waals surface area contributed by atoms with Crippen LogP contribution in [0.15, 0.2) is 42.5 Å². The first-order chi connectivity index (χ1) is 20.3. The molecule has 3 rings (SSSR count). The number of para-hydroxylation sites is 1. The maximum absolute atomic E-state index is 13.7. The van der Waals surface area contributed by atoms with Gasteiger partial charge in [0, 0.05) is 13.1 Å². The minimum atomic E-state index is -0.818. The van der Waals surface area contributed by atoms with Gasteiger partial charge in [-0.05, 0) is 60.9 Å². The highest BCUT2D eigenvalue weighted by molar-refractivity contribution is 5.93. The Kier molecular flexibility index (Phi) is 12.9. The van der Waals surface area contributed by atoms with Gasteiger partial charge in [0.15, 0.2) is 11.5 Å². The highest BCUT2D eigenvalue weighted by atomic mass is 16.5. The summed E-state index contributed by atoms with van der Waals surface area (Å²) in [5, 5.41) is 12.1. The van der Waals surface area contributed by atoms with Gasteiger partial charge in [-0.3, -0.25) is 14.4 Å². The number of hydrogen-bond donors (Lipinski definition) is 4. The van der Waals surface area contributed by atoms with E-state index in [0.717, 1.165) is 36.1 Å². The molecule has 4 N–H and O–H groups in total. The van der Waals surface area contributed by atoms with Crippen molar-refractivity contribution < 1.29 is 28.6 Å². The van der Waals surface area contributed by atoms with Crippen molar-refractivity contribution in [1.82, 2.24) is 21.3 Å². The lowest BCUT2D eigenvalue weighted by molar-refractivity contribution is -0.133. The summed E-state index contributed by atoms with van der Waals surface area (Å²) in [7, 11) is 3.14. The average Bonchev–Trinajstić information content (AvgIpc) is 2.98. The fourth-order valence-corrected chi connectivity index (χ4v) is 4.97. The fraction of sp³-hybridized carbons (Fsp3) is 0.531. The Morgan fingerprint density at radius 1 is 0.905 bits per heavy atom. The van der Waals surface area contributed by atoms with Crippen molar-refractivity contribution in [1.29, 1.82) is 0 Å². The van der Waals surface area contributed by atoms with Crippen molar-refractivity contribution in [2.45, 2.75) is 71.0 Å². The van der Waals surface area contributed by atoms with Crippen molar-refractivity contribution in [3.05, 3.63) is 53.6 Å². The molecule has 2 aromatic carbocycles. The summed E-state index contributed by atoms with van der Waals surface area (Å²) in [5.74, 6) is 0.812. The van der Waals surface area contributed by atoms with Gasteiger partial charge in [-0.15, -0.1) is 0 Å². The predicted octanol–water partition coefficient (Wildman–Crippen LogP) is 2.77. The Labute approximate surface area is 249 Å². The van der Waals surface area contributed by atoms with Gasteiger partial charge < -0.3 is 35.5 Å². The summed E-state index contributed by atoms with van der Waals surface area (Å²) in [5.41, 5.74) is 1.91. The Hall–Kier alpha value is -3.79. The largest absolute Gasteiger partial charge is 0.493 e. The molecule has 230 valence electrons. The van der Waals surface area contributed by atoms with Crippen LogP contribution in [0.1, 0.15) is 51.2 Å². The zero-order chi connectivity index (χ0) is 30.5. The van der Waals surface area contributed by atoms with Gasteiger partial charge in [0.1, 0.15) is 24.4 Å². The molecule has 1 heterocycles. The molecule has 3 atom stereocenters. The summed E-state index contributed by atoms with van der Waals surface area (Å²) in [4.78, 5) is 40.1. The number of fused-ring (bicyclic) bond motifs is 1. The van der Waals surface area contributed by atoms with Crippen LogP contribution in [0.3, 0.4) is 0 Å². The third kappa shape index (κ3) is 9.37. The molecule has 0 aromatic heterocycles. The number of nitrogens with one attached hydrogen (secondary N) is 4. The first kappa shape index (κ1) is 32.7. The topological polar surface area (TPSA) is 127 Å². The molecule has 42 heavy (non-hydrogen) atoms. The maximum Gasteiger partial charge on any atom is 0.243 e. The highest BCUT2D eigenvalue weighted by Gasteiger charge is 2.31. The van der Waals surface area contributed by atoms with Gasteiger partial charge in [0.2, 0.25) is 17.7 Å². The van der Waals surface area contributed by atoms with E-state index in [0.29, 0.717) is 44.0 Å². The van der Waals surface area contributed by atoms with E-state index in [1.807, 2.05) is 57.2 Å². The number of rotatable bonds is 7. The average molecular weight is 583 g/mol. The molecule has 2 aromatic rings. The van der Waals surface area contributed by atoms with Gasteiger partial charge >= 0.3 is 0 Å². The number of carbonyl (C=O) groups excluding carboxylic acids is 3. The standard InChI is InChI=1S/C32H46N4O6/c1-6-10-24-30(37)34-16-9-12-23-11-7-8-13-26(23)42-18-17-33-25(31(38)36-29(21(2)3)32(39)35-24)19-22-14-15-27(40-4)28(20-22)41-5/h7-8,11,13-15,20-21,24-25,29,33H,6,9-10,12,16-19H2,1-5H3,(H,34,37)(H,35,39)(H,36,38)/t24-,25+,29+/m0/s1. The molecule has 1 aliphatic heterocycles. The van der Waals surface area contributed by atoms with E-state index in [2.05, 4.69) is 21.3 Å². The SMILES string of the molecule is CCC[C@@H]1NC(=O)[C@@H](C(C)C)NC(=O)[C@@H](Cc2ccc(OC)c(OC)c2)NCCOc2ccccc2CCCNC1=O. The van der Waals surface area contributed by atoms with Gasteiger partial charge in [-0.1, -0.05) is 51.5 Å². The van der Waals surface area contributed by atoms with E-state index in [-0.39, 0.29) is 23.6 Å². The lowest BCUT2D eigenvalue weighted by Gasteiger charge is -2.27. The second-order valence-electron chi connectivity index (χ2n) is 10.8. The molecule has 10 heteroatoms. The zero-order valence-electron chi connectivity index (χ0n) is 25.5. The molecule has 0 spiro atoms. The Morgan fingerprint density at radius 3 is 2.38 bits per heavy atom. The van der Waals surface area contributed by atoms with Gasteiger partial charge in [0.25, 0.3) is 0 Å². The highest BCUT2D eigenvalue weighted by Crippen LogP contribution is 2.28. The number of aryl methyl sites for hydroxylation is 1. The van der Waals surface area contributed by atoms with Crippen molar-refractivity contribution in [3.8, 4) is 17.2 Å². The van der Waals surface area contributed by atoms with Crippen molar-refractivity contribution >= 4 is 17.7 Å². The second kappa shape index (κ2) is 16.6. The van der Waals surface area contributed by atoms with Gasteiger partial charge in [-0.25, -0.2) is 0 Å². The quantitative estimate of drug-likeness (QED) is 0.396. The van der Waals surface area contributed by atoms with Gasteiger partial charge in [0.05, 0.1) is 20.3 Å². The molecular weight excluding hydrogens is 536 g/mol. The number of amides is 3. The third-order valence-corrected chi connectivity index (χ3v) is 7.31. The van der Waals surface area contributed by atoms with Crippen molar-refractivity contribution in [3.63, 3.8) is 0 Å². The summed E-state index contributed by atoms with van der Waals surface area (Å²) in [6.45, 7) is 6.94. The van der Waals surface area contributed by atoms with Crippen molar-refractivity contribution in [2.75, 3.05) is 33.9 Å². The van der Waals surface area contributed by atoms with Crippen LogP contribution in [-0.2, 0) is 27.2 Å². The van der Waals surface area contributed by atoms with E-state index in [4.69, 9.17) is 14.2 Å². The van der Waals surface area contributed by atoms with E-state index in [1.54, 1.807) is 20.3 Å². The number of hydrogen-bond acceptors (Lipinski definition) is 7. The number of ether oxygens (including phenoxy) is 3. The van der Waals surface area contributed by atoms with Crippen LogP contribution in [0.5, 0.6) is 17.2 Å². The summed E-state index contributed by atoms with van der Waals surface area (Å²) >= 11 is 0. The summed E-state index contributed by atoms with van der Waals surface area (Å²) < 4.78 is 16.9. The molecular formula is C32H46N4O6. The summed E-state index contributed by atoms with van der Waals surface area (Å²) in [6, 6.07) is 11.2. The molecule has 0 saturated heterocycles. The Balaban J connectivity index is 1.88. The van der Waals surface area contributed by atoms with Crippen molar-refractivity contribution in [2.24, 2.45) is 5.92 Å². The Morgan fingerprint density at radius 2 is 1.67 bits per heavy atom. The number of benzene rings is 2. The van der Waals surface area contributed by atoms with Crippen LogP contribution in [-0.4, -0.2) is 69.8 Å². The van der Waals surface area contributed by atoms with Crippen LogP contribution >= 0.6 is 0 Å². The molecule has 3 amide bonds. The molecule has 0 unspecified atom stereocenters. The lowest BCUT2D eigenvalue weighted by atomic mass is 10.00. The van der Waals surface area contributed by atoms with Crippen LogP contribution in [0, 0.1) is 5.92 Å². The normalized spacial score (nSPS) is 21.1. The van der Waals surface area contributed by atoms with Gasteiger partial charge in [-0.2, -0.15) is 0 Å². The van der Waals surface area contributed by atoms with Crippen LogP contribution < -0.4 is 35.5 Å². The lowest BCUT2D eigenvalue weighted by Crippen LogP contribution is -2.58. The maximum atomic E-state index is 13.7. The predicted molar refractivity (Wildman–Crippen MR) is 162 cm³/mol. The fourth-order valence-electron chi connectivity index (χ4n) is 4.97. The first-order valence-corrected chi connectivity index (χ1v) is 14.8. The second-order valence-corrected chi connectivity index (χ2v) is 10.8. The molecule has 0 aliphatic carbocycles. The minimum Gasteiger partial charge on any atom is -0.493 e. The van der Waals surface area contributed by atoms with E-state index >= 15 is 0 Å². The van der Waals surface area contributed by atoms with E-state index < -0.39 is 18.1 Å². The molecule has 0 radical (unpaired) electrons. The number of carbonyl (C=O) groups is 3. The van der Waals surface area contributed by atoms with Crippen LogP contribution in [0.25, 0.3) is 0 Å². The van der Waals surface area contributed by atoms with Crippen LogP contribution in [0.2, 0.25) is 0 Å². The van der Waals surface area contributed by atoms with E-state index in [1.165, 1.54) is 0 Å².